The number of benzene rings is 3. The molecule has 10 N–H and O–H groups in total. The first-order valence-corrected chi connectivity index (χ1v) is 24.6. The van der Waals surface area contributed by atoms with Gasteiger partial charge in [0.2, 0.25) is 35.4 Å². The second-order valence-corrected chi connectivity index (χ2v) is 18.4. The van der Waals surface area contributed by atoms with Crippen LogP contribution in [0.1, 0.15) is 68.6 Å². The predicted molar refractivity (Wildman–Crippen MR) is 256 cm³/mol. The number of phenolic OH excluding ortho intramolecular Hbond substituents is 2. The summed E-state index contributed by atoms with van der Waals surface area (Å²) in [5, 5.41) is 52.9. The summed E-state index contributed by atoms with van der Waals surface area (Å²) in [4.78, 5) is 103. The van der Waals surface area contributed by atoms with E-state index in [0.29, 0.717) is 35.3 Å². The van der Waals surface area contributed by atoms with E-state index in [-0.39, 0.29) is 69.4 Å². The molecule has 2 aliphatic rings. The minimum atomic E-state index is -1.71. The van der Waals surface area contributed by atoms with E-state index in [4.69, 9.17) is 10.5 Å². The molecule has 2 bridgehead atoms. The zero-order valence-electron chi connectivity index (χ0n) is 39.1. The van der Waals surface area contributed by atoms with Gasteiger partial charge < -0.3 is 62.0 Å². The van der Waals surface area contributed by atoms with E-state index in [0.717, 1.165) is 9.80 Å². The number of hydrogen-bond acceptors (Lipinski definition) is 14. The molecule has 9 atom stereocenters. The Kier molecular flexibility index (Phi) is 20.2. The number of phenols is 2. The van der Waals surface area contributed by atoms with Crippen LogP contribution in [0.15, 0.2) is 78.9 Å². The van der Waals surface area contributed by atoms with E-state index in [9.17, 15) is 49.2 Å². The third-order valence-corrected chi connectivity index (χ3v) is 13.0. The summed E-state index contributed by atoms with van der Waals surface area (Å²) in [5.74, 6) is -5.72. The maximum absolute atomic E-state index is 15.0. The van der Waals surface area contributed by atoms with Gasteiger partial charge in [0.25, 0.3) is 0 Å². The number of carbonyl (C=O) groups is 7. The highest BCUT2D eigenvalue weighted by atomic mass is 32.2. The van der Waals surface area contributed by atoms with Crippen LogP contribution in [-0.4, -0.2) is 152 Å². The van der Waals surface area contributed by atoms with Gasteiger partial charge in [0, 0.05) is 19.9 Å². The number of amides is 6. The molecular formula is C49H65N7O12S. The molecule has 3 aromatic rings. The molecule has 2 fully saturated rings. The van der Waals surface area contributed by atoms with Crippen LogP contribution in [0, 0.1) is 0 Å². The lowest BCUT2D eigenvalue weighted by molar-refractivity contribution is -0.165. The number of aromatic hydroxyl groups is 2. The van der Waals surface area contributed by atoms with Gasteiger partial charge >= 0.3 is 5.97 Å². The number of aryl methyl sites for hydroxylation is 1. The van der Waals surface area contributed by atoms with E-state index in [2.05, 4.69) is 21.3 Å². The zero-order valence-corrected chi connectivity index (χ0v) is 39.9. The summed E-state index contributed by atoms with van der Waals surface area (Å²) in [7, 11) is 1.38. The lowest BCUT2D eigenvalue weighted by atomic mass is 9.95. The van der Waals surface area contributed by atoms with Gasteiger partial charge in [-0.1, -0.05) is 54.6 Å². The van der Waals surface area contributed by atoms with Gasteiger partial charge in [-0.3, -0.25) is 28.8 Å². The standard InChI is InChI=1S/C49H65N7O12S/c1-29-42(54-45(63)40(59)22-16-30-12-17-33(57)18-13-30)46(64)51-35(11-7-8-25-50)43(61)52-36-21-23-41(60)56(47(36)65)39(28-31-9-5-4-6-10-31)48(66)55(2)38(27-32-14-19-34(58)20-15-32)44(62)53-37(24-26-69-3)49(67)68-29/h4-6,9-10,12-15,17-20,29,35-42,57-60H,7-8,11,16,21-28,50H2,1-3H3,(H,51,64)(H,52,61)(H,53,62)(H,54,63). The third-order valence-electron chi connectivity index (χ3n) is 12.4. The molecule has 2 saturated heterocycles. The van der Waals surface area contributed by atoms with Crippen molar-refractivity contribution in [3.63, 3.8) is 0 Å². The van der Waals surface area contributed by atoms with Gasteiger partial charge in [-0.15, -0.1) is 0 Å². The summed E-state index contributed by atoms with van der Waals surface area (Å²) in [6.45, 7) is 1.59. The molecule has 9 unspecified atom stereocenters. The summed E-state index contributed by atoms with van der Waals surface area (Å²) < 4.78 is 5.87. The zero-order chi connectivity index (χ0) is 50.2. The van der Waals surface area contributed by atoms with Gasteiger partial charge in [0.15, 0.2) is 0 Å². The number of nitrogens with two attached hydrogens (primary N) is 1. The number of nitrogens with one attached hydrogen (secondary N) is 4. The van der Waals surface area contributed by atoms with Gasteiger partial charge in [-0.25, -0.2) is 4.79 Å². The van der Waals surface area contributed by atoms with Crippen molar-refractivity contribution in [3.8, 4) is 11.5 Å². The Morgan fingerprint density at radius 2 is 1.39 bits per heavy atom. The van der Waals surface area contributed by atoms with Crippen LogP contribution in [0.3, 0.4) is 0 Å². The fraction of sp³-hybridized carbons (Fsp3) is 0.490. The number of cyclic esters (lactones) is 1. The third kappa shape index (κ3) is 15.1. The van der Waals surface area contributed by atoms with Crippen LogP contribution < -0.4 is 27.0 Å². The Morgan fingerprint density at radius 3 is 2.03 bits per heavy atom. The minimum Gasteiger partial charge on any atom is -0.508 e. The number of hydrogen-bond donors (Lipinski definition) is 9. The van der Waals surface area contributed by atoms with E-state index >= 15 is 4.79 Å². The summed E-state index contributed by atoms with van der Waals surface area (Å²) in [6, 6.07) is 12.4. The summed E-state index contributed by atoms with van der Waals surface area (Å²) in [5.41, 5.74) is 7.63. The van der Waals surface area contributed by atoms with Crippen molar-refractivity contribution >= 4 is 53.2 Å². The Morgan fingerprint density at radius 1 is 0.783 bits per heavy atom. The molecule has 19 nitrogen and oxygen atoms in total. The SMILES string of the molecule is CSCCC1NC(=O)C(Cc2ccc(O)cc2)N(C)C(=O)C(Cc2ccccc2)N2C(=O)C(CCC2O)NC(=O)C(CCCCN)NC(=O)C(NC(=O)C(O)CCc2ccc(O)cc2)C(C)OC1=O. The van der Waals surface area contributed by atoms with Gasteiger partial charge in [-0.2, -0.15) is 11.8 Å². The van der Waals surface area contributed by atoms with Crippen LogP contribution in [0.5, 0.6) is 11.5 Å². The van der Waals surface area contributed by atoms with Crippen LogP contribution in [0.25, 0.3) is 0 Å². The molecule has 2 aliphatic heterocycles. The van der Waals surface area contributed by atoms with Crippen molar-refractivity contribution in [2.24, 2.45) is 5.73 Å². The van der Waals surface area contributed by atoms with Crippen molar-refractivity contribution in [1.82, 2.24) is 31.1 Å². The molecule has 0 aliphatic carbocycles. The van der Waals surface area contributed by atoms with Gasteiger partial charge in [-0.05, 0) is 118 Å². The van der Waals surface area contributed by atoms with E-state index < -0.39 is 96.1 Å². The first kappa shape index (κ1) is 53.7. The monoisotopic (exact) mass is 975 g/mol. The fourth-order valence-electron chi connectivity index (χ4n) is 8.32. The lowest BCUT2D eigenvalue weighted by Crippen LogP contribution is -2.65. The topological polar surface area (TPSA) is 290 Å². The number of fused-ring (bicyclic) bond motifs is 2. The van der Waals surface area contributed by atoms with Crippen molar-refractivity contribution in [2.75, 3.05) is 25.6 Å². The first-order chi connectivity index (χ1) is 33.0. The maximum Gasteiger partial charge on any atom is 0.329 e. The van der Waals surface area contributed by atoms with Crippen molar-refractivity contribution in [1.29, 1.82) is 0 Å². The molecule has 374 valence electrons. The molecule has 2 heterocycles. The predicted octanol–water partition coefficient (Wildman–Crippen LogP) is 0.780. The fourth-order valence-corrected chi connectivity index (χ4v) is 8.79. The van der Waals surface area contributed by atoms with Crippen molar-refractivity contribution in [3.05, 3.63) is 95.6 Å². The van der Waals surface area contributed by atoms with Crippen molar-refractivity contribution < 1.29 is 58.7 Å². The van der Waals surface area contributed by atoms with Crippen molar-refractivity contribution in [2.45, 2.75) is 126 Å². The Hall–Kier alpha value is -6.22. The van der Waals surface area contributed by atoms with E-state index in [1.165, 1.54) is 50.0 Å². The average Bonchev–Trinajstić information content (AvgIpc) is 3.33. The number of esters is 1. The quantitative estimate of drug-likeness (QED) is 0.0709. The van der Waals surface area contributed by atoms with Crippen LogP contribution in [0.2, 0.25) is 0 Å². The van der Waals surface area contributed by atoms with Gasteiger partial charge in [0.05, 0.1) is 0 Å². The molecule has 6 amide bonds. The van der Waals surface area contributed by atoms with Crippen LogP contribution in [0.4, 0.5) is 0 Å². The molecule has 20 heteroatoms. The number of aliphatic hydroxyl groups is 2. The molecule has 0 saturated carbocycles. The highest BCUT2D eigenvalue weighted by molar-refractivity contribution is 7.98. The Bertz CT molecular complexity index is 2220. The van der Waals surface area contributed by atoms with Gasteiger partial charge in [0.1, 0.15) is 66.2 Å². The van der Waals surface area contributed by atoms with E-state index in [1.54, 1.807) is 60.9 Å². The summed E-state index contributed by atoms with van der Waals surface area (Å²) in [6.07, 6.45) is -2.18. The van der Waals surface area contributed by atoms with Crippen LogP contribution >= 0.6 is 11.8 Å². The number of ether oxygens (including phenoxy) is 1. The number of rotatable bonds is 16. The Labute approximate surface area is 405 Å². The largest absolute Gasteiger partial charge is 0.508 e. The average molecular weight is 976 g/mol. The highest BCUT2D eigenvalue weighted by Crippen LogP contribution is 2.26. The number of thioether (sulfide) groups is 1. The first-order valence-electron chi connectivity index (χ1n) is 23.2. The maximum atomic E-state index is 15.0. The number of piperidine rings is 1. The molecule has 0 aromatic heterocycles. The molecule has 69 heavy (non-hydrogen) atoms. The molecule has 3 aromatic carbocycles. The number of carbonyl (C=O) groups excluding carboxylic acids is 7. The smallest absolute Gasteiger partial charge is 0.329 e. The number of nitrogens with zero attached hydrogens (tertiary/aromatic N) is 2. The molecule has 0 radical (unpaired) electrons. The lowest BCUT2D eigenvalue weighted by Gasteiger charge is -2.43. The minimum absolute atomic E-state index is 0.0249. The number of unbranched alkanes of at least 4 members (excludes halogenated alkanes) is 1. The van der Waals surface area contributed by atoms with Crippen LogP contribution in [-0.2, 0) is 57.6 Å². The molecule has 0 spiro atoms. The molecule has 5 rings (SSSR count). The number of likely N-dealkylation sites (N-methyl/N-ethyl adjacent to an activating group) is 1. The number of aliphatic hydroxyl groups excluding tert-OH is 2. The normalized spacial score (nSPS) is 24.7. The second-order valence-electron chi connectivity index (χ2n) is 17.4. The Balaban J connectivity index is 1.58. The molecular weight excluding hydrogens is 911 g/mol. The highest BCUT2D eigenvalue weighted by Gasteiger charge is 2.45. The summed E-state index contributed by atoms with van der Waals surface area (Å²) >= 11 is 1.37. The van der Waals surface area contributed by atoms with E-state index in [1.807, 2.05) is 0 Å². The second kappa shape index (κ2) is 26.0.